The van der Waals surface area contributed by atoms with Gasteiger partial charge in [-0.25, -0.2) is 19.0 Å². The number of anilines is 2. The number of ether oxygens (including phenoxy) is 2. The van der Waals surface area contributed by atoms with E-state index >= 15 is 0 Å². The molecule has 0 unspecified atom stereocenters. The largest absolute Gasteiger partial charge is 0.463 e. The van der Waals surface area contributed by atoms with Crippen LogP contribution in [-0.2, 0) is 19.1 Å². The van der Waals surface area contributed by atoms with Gasteiger partial charge in [-0.1, -0.05) is 18.2 Å². The second kappa shape index (κ2) is 11.4. The van der Waals surface area contributed by atoms with E-state index in [-0.39, 0.29) is 19.0 Å². The van der Waals surface area contributed by atoms with Gasteiger partial charge in [-0.3, -0.25) is 0 Å². The lowest BCUT2D eigenvalue weighted by Gasteiger charge is -2.31. The van der Waals surface area contributed by atoms with Gasteiger partial charge in [-0.2, -0.15) is 0 Å². The van der Waals surface area contributed by atoms with Crippen LogP contribution in [0.25, 0.3) is 11.3 Å². The van der Waals surface area contributed by atoms with Crippen LogP contribution in [0.2, 0.25) is 0 Å². The Balaban J connectivity index is 1.77. The average Bonchev–Trinajstić information content (AvgIpc) is 3.33. The van der Waals surface area contributed by atoms with Crippen LogP contribution in [0.15, 0.2) is 76.5 Å². The third-order valence-electron chi connectivity index (χ3n) is 5.91. The van der Waals surface area contributed by atoms with E-state index in [0.717, 1.165) is 5.56 Å². The highest BCUT2D eigenvalue weighted by Crippen LogP contribution is 2.43. The monoisotopic (exact) mass is 521 g/mol. The fraction of sp³-hybridized carbons (Fsp3) is 0.250. The number of aromatic nitrogens is 1. The van der Waals surface area contributed by atoms with Gasteiger partial charge >= 0.3 is 11.9 Å². The molecule has 1 aromatic heterocycles. The molecule has 0 atom stereocenters. The SMILES string of the molecule is CCOC(=O)C1=C(C)NC(C)=C(C(=O)OCC)C1c1ccccc1Nc1nc(-c2ccc(F)cc2)cs1. The number of carbonyl (C=O) groups is 2. The van der Waals surface area contributed by atoms with Crippen molar-refractivity contribution < 1.29 is 23.5 Å². The Morgan fingerprint density at radius 2 is 1.57 bits per heavy atom. The molecule has 0 spiro atoms. The van der Waals surface area contributed by atoms with Gasteiger partial charge in [0.2, 0.25) is 0 Å². The van der Waals surface area contributed by atoms with Crippen molar-refractivity contribution in [2.45, 2.75) is 33.6 Å². The van der Waals surface area contributed by atoms with Gasteiger partial charge in [0.1, 0.15) is 5.82 Å². The van der Waals surface area contributed by atoms with Crippen LogP contribution >= 0.6 is 11.3 Å². The predicted octanol–water partition coefficient (Wildman–Crippen LogP) is 6.05. The zero-order valence-electron chi connectivity index (χ0n) is 21.1. The second-order valence-corrected chi connectivity index (χ2v) is 9.19. The molecule has 7 nitrogen and oxygen atoms in total. The van der Waals surface area contributed by atoms with Gasteiger partial charge in [-0.05, 0) is 63.6 Å². The number of para-hydroxylation sites is 1. The Kier molecular flexibility index (Phi) is 8.03. The molecule has 4 rings (SSSR count). The quantitative estimate of drug-likeness (QED) is 0.349. The molecule has 0 amide bonds. The molecule has 2 aromatic carbocycles. The molecule has 0 bridgehead atoms. The van der Waals surface area contributed by atoms with E-state index in [9.17, 15) is 14.0 Å². The summed E-state index contributed by atoms with van der Waals surface area (Å²) in [5.74, 6) is -2.04. The van der Waals surface area contributed by atoms with Crippen LogP contribution in [-0.4, -0.2) is 30.1 Å². The molecule has 37 heavy (non-hydrogen) atoms. The Morgan fingerprint density at radius 3 is 2.16 bits per heavy atom. The molecule has 0 fully saturated rings. The maximum absolute atomic E-state index is 13.3. The zero-order valence-corrected chi connectivity index (χ0v) is 21.9. The average molecular weight is 522 g/mol. The molecule has 1 aliphatic rings. The molecular formula is C28H28FN3O4S. The number of benzene rings is 2. The van der Waals surface area contributed by atoms with E-state index in [1.54, 1.807) is 39.8 Å². The summed E-state index contributed by atoms with van der Waals surface area (Å²) in [6.07, 6.45) is 0. The fourth-order valence-electron chi connectivity index (χ4n) is 4.33. The summed E-state index contributed by atoms with van der Waals surface area (Å²) in [7, 11) is 0. The first kappa shape index (κ1) is 26.1. The highest BCUT2D eigenvalue weighted by atomic mass is 32.1. The summed E-state index contributed by atoms with van der Waals surface area (Å²) in [5, 5.41) is 8.99. The lowest BCUT2D eigenvalue weighted by molar-refractivity contribution is -0.139. The number of halogens is 1. The number of rotatable bonds is 8. The van der Waals surface area contributed by atoms with Crippen molar-refractivity contribution in [2.24, 2.45) is 0 Å². The normalized spacial score (nSPS) is 13.9. The molecule has 2 heterocycles. The molecule has 1 aliphatic heterocycles. The fourth-order valence-corrected chi connectivity index (χ4v) is 5.06. The molecule has 192 valence electrons. The van der Waals surface area contributed by atoms with Gasteiger partial charge in [0.05, 0.1) is 36.0 Å². The maximum Gasteiger partial charge on any atom is 0.336 e. The minimum absolute atomic E-state index is 0.199. The highest BCUT2D eigenvalue weighted by Gasteiger charge is 2.39. The number of nitrogens with zero attached hydrogens (tertiary/aromatic N) is 1. The number of esters is 2. The summed E-state index contributed by atoms with van der Waals surface area (Å²) in [6.45, 7) is 7.45. The minimum atomic E-state index is -0.723. The van der Waals surface area contributed by atoms with Crippen molar-refractivity contribution in [1.82, 2.24) is 10.3 Å². The van der Waals surface area contributed by atoms with Crippen molar-refractivity contribution in [3.8, 4) is 11.3 Å². The standard InChI is InChI=1S/C28H28FN3O4S/c1-5-35-26(33)23-16(3)30-17(4)24(27(34)36-6-2)25(23)20-9-7-8-10-21(20)31-28-32-22(15-37-28)18-11-13-19(29)14-12-18/h7-15,25,30H,5-6H2,1-4H3,(H,31,32). The van der Waals surface area contributed by atoms with Gasteiger partial charge in [-0.15, -0.1) is 11.3 Å². The molecule has 3 aromatic rings. The summed E-state index contributed by atoms with van der Waals surface area (Å²) < 4.78 is 24.1. The number of nitrogens with one attached hydrogen (secondary N) is 2. The molecule has 2 N–H and O–H groups in total. The van der Waals surface area contributed by atoms with E-state index in [2.05, 4.69) is 15.6 Å². The number of hydrogen-bond donors (Lipinski definition) is 2. The topological polar surface area (TPSA) is 89.5 Å². The first-order chi connectivity index (χ1) is 17.8. The second-order valence-electron chi connectivity index (χ2n) is 8.33. The van der Waals surface area contributed by atoms with Gasteiger partial charge < -0.3 is 20.1 Å². The Hall–Kier alpha value is -3.98. The molecule has 0 saturated carbocycles. The summed E-state index contributed by atoms with van der Waals surface area (Å²) in [6, 6.07) is 13.6. The van der Waals surface area contributed by atoms with E-state index in [1.807, 2.05) is 29.6 Å². The van der Waals surface area contributed by atoms with Crippen LogP contribution in [0.5, 0.6) is 0 Å². The van der Waals surface area contributed by atoms with Gasteiger partial charge in [0, 0.05) is 28.0 Å². The van der Waals surface area contributed by atoms with Gasteiger partial charge in [0.15, 0.2) is 5.13 Å². The lowest BCUT2D eigenvalue weighted by Crippen LogP contribution is -2.32. The third-order valence-corrected chi connectivity index (χ3v) is 6.67. The molecular weight excluding hydrogens is 493 g/mol. The number of dihydropyridines is 1. The smallest absolute Gasteiger partial charge is 0.336 e. The van der Waals surface area contributed by atoms with Crippen molar-refractivity contribution in [2.75, 3.05) is 18.5 Å². The van der Waals surface area contributed by atoms with E-state index < -0.39 is 17.9 Å². The number of thiazole rings is 1. The highest BCUT2D eigenvalue weighted by molar-refractivity contribution is 7.14. The first-order valence-electron chi connectivity index (χ1n) is 11.9. The summed E-state index contributed by atoms with van der Waals surface area (Å²) in [5.41, 5.74) is 4.78. The van der Waals surface area contributed by atoms with Crippen molar-refractivity contribution in [3.63, 3.8) is 0 Å². The predicted molar refractivity (Wildman–Crippen MR) is 142 cm³/mol. The zero-order chi connectivity index (χ0) is 26.5. The lowest BCUT2D eigenvalue weighted by atomic mass is 9.79. The van der Waals surface area contributed by atoms with Crippen LogP contribution in [0.1, 0.15) is 39.2 Å². The maximum atomic E-state index is 13.3. The molecule has 0 saturated heterocycles. The Morgan fingerprint density at radius 1 is 0.973 bits per heavy atom. The summed E-state index contributed by atoms with van der Waals surface area (Å²) in [4.78, 5) is 30.9. The number of allylic oxidation sites excluding steroid dienone is 2. The van der Waals surface area contributed by atoms with E-state index in [1.165, 1.54) is 23.5 Å². The van der Waals surface area contributed by atoms with Crippen molar-refractivity contribution in [3.05, 3.63) is 87.8 Å². The van der Waals surface area contributed by atoms with Crippen LogP contribution < -0.4 is 10.6 Å². The third kappa shape index (κ3) is 5.56. The molecule has 0 radical (unpaired) electrons. The molecule has 9 heteroatoms. The van der Waals surface area contributed by atoms with Crippen molar-refractivity contribution >= 4 is 34.1 Å². The first-order valence-corrected chi connectivity index (χ1v) is 12.8. The Bertz CT molecular complexity index is 1340. The van der Waals surface area contributed by atoms with Crippen LogP contribution in [0, 0.1) is 5.82 Å². The molecule has 0 aliphatic carbocycles. The minimum Gasteiger partial charge on any atom is -0.463 e. The summed E-state index contributed by atoms with van der Waals surface area (Å²) >= 11 is 1.39. The number of hydrogen-bond acceptors (Lipinski definition) is 8. The Labute approximate surface area is 219 Å². The number of carbonyl (C=O) groups excluding carboxylic acids is 2. The van der Waals surface area contributed by atoms with Crippen molar-refractivity contribution in [1.29, 1.82) is 0 Å². The van der Waals surface area contributed by atoms with Crippen LogP contribution in [0.3, 0.4) is 0 Å². The van der Waals surface area contributed by atoms with Gasteiger partial charge in [0.25, 0.3) is 0 Å². The van der Waals surface area contributed by atoms with E-state index in [0.29, 0.717) is 44.6 Å². The van der Waals surface area contributed by atoms with Crippen LogP contribution in [0.4, 0.5) is 15.2 Å². The van der Waals surface area contributed by atoms with E-state index in [4.69, 9.17) is 9.47 Å².